The van der Waals surface area contributed by atoms with Crippen molar-refractivity contribution in [3.05, 3.63) is 64.9 Å². The molecule has 27 heavy (non-hydrogen) atoms. The Morgan fingerprint density at radius 1 is 1.15 bits per heavy atom. The topological polar surface area (TPSA) is 59.8 Å². The summed E-state index contributed by atoms with van der Waals surface area (Å²) in [6, 6.07) is 18.0. The fraction of sp³-hybridized carbons (Fsp3) is 0.250. The number of benzene rings is 2. The van der Waals surface area contributed by atoms with Gasteiger partial charge in [0.1, 0.15) is 0 Å². The summed E-state index contributed by atoms with van der Waals surface area (Å²) < 4.78 is 2.42. The van der Waals surface area contributed by atoms with Gasteiger partial charge in [-0.05, 0) is 58.2 Å². The van der Waals surface area contributed by atoms with E-state index in [-0.39, 0.29) is 11.8 Å². The van der Waals surface area contributed by atoms with E-state index in [2.05, 4.69) is 43.5 Å². The lowest BCUT2D eigenvalue weighted by Crippen LogP contribution is -2.28. The molecule has 1 N–H and O–H groups in total. The third-order valence-corrected chi connectivity index (χ3v) is 6.01. The lowest BCUT2D eigenvalue weighted by Gasteiger charge is -2.24. The second kappa shape index (κ2) is 8.27. The predicted octanol–water partition coefficient (Wildman–Crippen LogP) is 4.98. The van der Waals surface area contributed by atoms with E-state index in [0.29, 0.717) is 11.3 Å². The summed E-state index contributed by atoms with van der Waals surface area (Å²) in [4.78, 5) is 17.8. The van der Waals surface area contributed by atoms with E-state index in [1.165, 1.54) is 11.8 Å². The van der Waals surface area contributed by atoms with Crippen molar-refractivity contribution in [2.24, 2.45) is 5.92 Å². The van der Waals surface area contributed by atoms with Gasteiger partial charge >= 0.3 is 0 Å². The van der Waals surface area contributed by atoms with Gasteiger partial charge in [0, 0.05) is 10.8 Å². The Morgan fingerprint density at radius 3 is 2.63 bits per heavy atom. The highest BCUT2D eigenvalue weighted by molar-refractivity contribution is 9.10. The van der Waals surface area contributed by atoms with Crippen molar-refractivity contribution in [3.8, 4) is 0 Å². The van der Waals surface area contributed by atoms with Crippen LogP contribution in [0.1, 0.15) is 24.8 Å². The molecule has 4 rings (SSSR count). The summed E-state index contributed by atoms with van der Waals surface area (Å²) in [5.41, 5.74) is 1.98. The number of aromatic nitrogens is 3. The summed E-state index contributed by atoms with van der Waals surface area (Å²) in [5, 5.41) is 8.31. The summed E-state index contributed by atoms with van der Waals surface area (Å²) >= 11 is 4.88. The fourth-order valence-corrected chi connectivity index (χ4v) is 4.29. The summed E-state index contributed by atoms with van der Waals surface area (Å²) in [5.74, 6) is 0.264. The average molecular weight is 443 g/mol. The van der Waals surface area contributed by atoms with Gasteiger partial charge in [-0.15, -0.1) is 5.10 Å². The zero-order chi connectivity index (χ0) is 18.6. The lowest BCUT2D eigenvalue weighted by atomic mass is 9.85. The van der Waals surface area contributed by atoms with Gasteiger partial charge in [-0.25, -0.2) is 4.68 Å². The van der Waals surface area contributed by atoms with E-state index >= 15 is 0 Å². The number of anilines is 1. The smallest absolute Gasteiger partial charge is 0.227 e. The second-order valence-electron chi connectivity index (χ2n) is 6.52. The van der Waals surface area contributed by atoms with Crippen LogP contribution < -0.4 is 5.32 Å². The molecule has 0 atom stereocenters. The highest BCUT2D eigenvalue weighted by Crippen LogP contribution is 2.34. The van der Waals surface area contributed by atoms with Gasteiger partial charge in [0.25, 0.3) is 0 Å². The Hall–Kier alpha value is -2.12. The number of hydrogen-bond acceptors (Lipinski definition) is 4. The second-order valence-corrected chi connectivity index (χ2v) is 8.24. The maximum atomic E-state index is 12.4. The first-order valence-electron chi connectivity index (χ1n) is 8.91. The molecule has 138 valence electrons. The van der Waals surface area contributed by atoms with Gasteiger partial charge in [0.2, 0.25) is 10.6 Å². The first-order chi connectivity index (χ1) is 13.2. The highest BCUT2D eigenvalue weighted by atomic mass is 79.9. The normalized spacial score (nSPS) is 14.0. The molecule has 1 aliphatic carbocycles. The molecule has 1 aromatic heterocycles. The SMILES string of the molecule is O=C(Nc1ccccc1Sc1nc(Br)nn1Cc1ccccc1)C1CCC1. The molecule has 0 spiro atoms. The number of halogens is 1. The predicted molar refractivity (Wildman–Crippen MR) is 110 cm³/mol. The van der Waals surface area contributed by atoms with Crippen molar-refractivity contribution < 1.29 is 4.79 Å². The molecule has 1 fully saturated rings. The molecule has 1 amide bonds. The molecule has 0 aliphatic heterocycles. The van der Waals surface area contributed by atoms with Gasteiger partial charge in [-0.1, -0.05) is 48.9 Å². The van der Waals surface area contributed by atoms with Gasteiger partial charge < -0.3 is 5.32 Å². The van der Waals surface area contributed by atoms with Gasteiger partial charge in [-0.2, -0.15) is 4.98 Å². The van der Waals surface area contributed by atoms with E-state index < -0.39 is 0 Å². The molecular weight excluding hydrogens is 424 g/mol. The minimum Gasteiger partial charge on any atom is -0.325 e. The van der Waals surface area contributed by atoms with Crippen molar-refractivity contribution in [1.82, 2.24) is 14.8 Å². The van der Waals surface area contributed by atoms with Crippen LogP contribution in [0.4, 0.5) is 5.69 Å². The number of carbonyl (C=O) groups excluding carboxylic acids is 1. The van der Waals surface area contributed by atoms with Crippen molar-refractivity contribution in [3.63, 3.8) is 0 Å². The molecule has 2 aromatic carbocycles. The van der Waals surface area contributed by atoms with E-state index in [9.17, 15) is 4.79 Å². The van der Waals surface area contributed by atoms with Crippen molar-refractivity contribution in [2.75, 3.05) is 5.32 Å². The third kappa shape index (κ3) is 4.42. The van der Waals surface area contributed by atoms with Gasteiger partial charge in [0.05, 0.1) is 12.2 Å². The number of amides is 1. The van der Waals surface area contributed by atoms with Gasteiger partial charge in [-0.3, -0.25) is 4.79 Å². The van der Waals surface area contributed by atoms with Crippen molar-refractivity contribution in [2.45, 2.75) is 35.9 Å². The number of carbonyl (C=O) groups is 1. The first-order valence-corrected chi connectivity index (χ1v) is 10.5. The Bertz CT molecular complexity index is 940. The minimum absolute atomic E-state index is 0.112. The zero-order valence-electron chi connectivity index (χ0n) is 14.6. The molecule has 5 nitrogen and oxygen atoms in total. The van der Waals surface area contributed by atoms with Crippen LogP contribution in [0.15, 0.2) is 69.4 Å². The molecule has 0 unspecified atom stereocenters. The molecule has 0 saturated heterocycles. The first kappa shape index (κ1) is 18.3. The molecule has 7 heteroatoms. The Labute approximate surface area is 170 Å². The van der Waals surface area contributed by atoms with Crippen molar-refractivity contribution in [1.29, 1.82) is 0 Å². The quantitative estimate of drug-likeness (QED) is 0.584. The number of hydrogen-bond donors (Lipinski definition) is 1. The molecular formula is C20H19BrN4OS. The van der Waals surface area contributed by atoms with E-state index in [1.807, 2.05) is 47.1 Å². The van der Waals surface area contributed by atoms with E-state index in [1.54, 1.807) is 0 Å². The standard InChI is InChI=1S/C20H19BrN4OS/c21-19-23-20(25(24-19)13-14-7-2-1-3-8-14)27-17-12-5-4-11-16(17)22-18(26)15-9-6-10-15/h1-5,7-8,11-12,15H,6,9-10,13H2,(H,22,26). The summed E-state index contributed by atoms with van der Waals surface area (Å²) in [6.07, 6.45) is 3.12. The van der Waals surface area contributed by atoms with Crippen molar-refractivity contribution >= 4 is 39.3 Å². The maximum Gasteiger partial charge on any atom is 0.227 e. The Balaban J connectivity index is 1.55. The number of para-hydroxylation sites is 1. The number of rotatable bonds is 6. The lowest BCUT2D eigenvalue weighted by molar-refractivity contribution is -0.122. The van der Waals surface area contributed by atoms with Crippen LogP contribution in [0.5, 0.6) is 0 Å². The van der Waals surface area contributed by atoms with Crippen LogP contribution in [0.2, 0.25) is 0 Å². The Kier molecular flexibility index (Phi) is 5.59. The van der Waals surface area contributed by atoms with Crippen LogP contribution in [0, 0.1) is 5.92 Å². The molecule has 0 radical (unpaired) electrons. The maximum absolute atomic E-state index is 12.4. The highest BCUT2D eigenvalue weighted by Gasteiger charge is 2.25. The van der Waals surface area contributed by atoms with Crippen LogP contribution in [0.25, 0.3) is 0 Å². The molecule has 1 heterocycles. The van der Waals surface area contributed by atoms with Crippen LogP contribution in [0.3, 0.4) is 0 Å². The van der Waals surface area contributed by atoms with Crippen LogP contribution in [-0.4, -0.2) is 20.7 Å². The summed E-state index contributed by atoms with van der Waals surface area (Å²) in [7, 11) is 0. The molecule has 0 bridgehead atoms. The third-order valence-electron chi connectivity index (χ3n) is 4.61. The monoisotopic (exact) mass is 442 g/mol. The van der Waals surface area contributed by atoms with Crippen LogP contribution in [-0.2, 0) is 11.3 Å². The Morgan fingerprint density at radius 2 is 1.89 bits per heavy atom. The zero-order valence-corrected chi connectivity index (χ0v) is 17.0. The largest absolute Gasteiger partial charge is 0.325 e. The average Bonchev–Trinajstić information content (AvgIpc) is 2.95. The molecule has 3 aromatic rings. The van der Waals surface area contributed by atoms with Gasteiger partial charge in [0.15, 0.2) is 5.16 Å². The number of nitrogens with zero attached hydrogens (tertiary/aromatic N) is 3. The fourth-order valence-electron chi connectivity index (χ4n) is 2.90. The minimum atomic E-state index is 0.112. The summed E-state index contributed by atoms with van der Waals surface area (Å²) in [6.45, 7) is 0.637. The van der Waals surface area contributed by atoms with E-state index in [4.69, 9.17) is 0 Å². The van der Waals surface area contributed by atoms with Crippen LogP contribution >= 0.6 is 27.7 Å². The molecule has 1 saturated carbocycles. The molecule has 1 aliphatic rings. The number of nitrogens with one attached hydrogen (secondary N) is 1. The van der Waals surface area contributed by atoms with E-state index in [0.717, 1.165) is 40.6 Å².